The maximum atomic E-state index is 12.9. The van der Waals surface area contributed by atoms with Crippen molar-refractivity contribution in [2.75, 3.05) is 18.5 Å². The van der Waals surface area contributed by atoms with Crippen molar-refractivity contribution in [1.29, 1.82) is 0 Å². The lowest BCUT2D eigenvalue weighted by atomic mass is 10.1. The van der Waals surface area contributed by atoms with E-state index in [9.17, 15) is 22.8 Å². The van der Waals surface area contributed by atoms with Crippen molar-refractivity contribution in [2.45, 2.75) is 13.1 Å². The Labute approximate surface area is 147 Å². The molecule has 0 unspecified atom stereocenters. The van der Waals surface area contributed by atoms with Crippen LogP contribution < -0.4 is 10.1 Å². The molecule has 5 nitrogen and oxygen atoms in total. The summed E-state index contributed by atoms with van der Waals surface area (Å²) in [6.07, 6.45) is -4.58. The number of amides is 1. The Balaban J connectivity index is 2.00. The van der Waals surface area contributed by atoms with Crippen LogP contribution in [0.2, 0.25) is 0 Å². The van der Waals surface area contributed by atoms with Crippen LogP contribution in [0.5, 0.6) is 5.75 Å². The van der Waals surface area contributed by atoms with Crippen LogP contribution in [0.3, 0.4) is 0 Å². The van der Waals surface area contributed by atoms with Gasteiger partial charge >= 0.3 is 12.1 Å². The molecule has 0 spiro atoms. The second kappa shape index (κ2) is 8.37. The molecular weight excluding hydrogens is 351 g/mol. The number of ether oxygens (including phenoxy) is 2. The molecule has 2 rings (SSSR count). The van der Waals surface area contributed by atoms with Crippen molar-refractivity contribution in [2.24, 2.45) is 0 Å². The van der Waals surface area contributed by atoms with E-state index in [-0.39, 0.29) is 23.6 Å². The molecule has 138 valence electrons. The summed E-state index contributed by atoms with van der Waals surface area (Å²) in [5.41, 5.74) is -1.06. The van der Waals surface area contributed by atoms with E-state index in [1.54, 1.807) is 13.0 Å². The summed E-state index contributed by atoms with van der Waals surface area (Å²) in [6.45, 7) is 1.37. The van der Waals surface area contributed by atoms with Gasteiger partial charge in [0.15, 0.2) is 6.61 Å². The van der Waals surface area contributed by atoms with Gasteiger partial charge in [-0.3, -0.25) is 4.79 Å². The lowest BCUT2D eigenvalue weighted by Gasteiger charge is -2.14. The Bertz CT molecular complexity index is 790. The topological polar surface area (TPSA) is 64.6 Å². The smallest absolute Gasteiger partial charge is 0.418 e. The lowest BCUT2D eigenvalue weighted by Crippen LogP contribution is -2.22. The third-order valence-electron chi connectivity index (χ3n) is 3.22. The summed E-state index contributed by atoms with van der Waals surface area (Å²) >= 11 is 0. The van der Waals surface area contributed by atoms with Crippen molar-refractivity contribution in [1.82, 2.24) is 0 Å². The fraction of sp³-hybridized carbons (Fsp3) is 0.222. The van der Waals surface area contributed by atoms with E-state index in [4.69, 9.17) is 9.47 Å². The number of carbonyl (C=O) groups excluding carboxylic acids is 2. The molecule has 0 radical (unpaired) electrons. The van der Waals surface area contributed by atoms with Gasteiger partial charge in [0.05, 0.1) is 23.4 Å². The van der Waals surface area contributed by atoms with Crippen LogP contribution in [-0.4, -0.2) is 25.1 Å². The highest BCUT2D eigenvalue weighted by molar-refractivity contribution is 5.93. The second-order valence-electron chi connectivity index (χ2n) is 5.13. The van der Waals surface area contributed by atoms with Gasteiger partial charge in [-0.05, 0) is 37.3 Å². The van der Waals surface area contributed by atoms with E-state index in [0.717, 1.165) is 12.1 Å². The molecule has 1 N–H and O–H groups in total. The molecule has 1 amide bonds. The highest BCUT2D eigenvalue weighted by Crippen LogP contribution is 2.34. The fourth-order valence-electron chi connectivity index (χ4n) is 2.10. The van der Waals surface area contributed by atoms with Gasteiger partial charge in [0, 0.05) is 0 Å². The molecule has 26 heavy (non-hydrogen) atoms. The van der Waals surface area contributed by atoms with Crippen LogP contribution in [0.15, 0.2) is 48.5 Å². The number of rotatable bonds is 6. The fourth-order valence-corrected chi connectivity index (χ4v) is 2.10. The first-order valence-corrected chi connectivity index (χ1v) is 7.67. The molecule has 0 saturated carbocycles. The molecule has 0 heterocycles. The monoisotopic (exact) mass is 367 g/mol. The minimum atomic E-state index is -4.58. The van der Waals surface area contributed by atoms with Crippen molar-refractivity contribution in [3.8, 4) is 5.75 Å². The zero-order valence-electron chi connectivity index (χ0n) is 13.8. The van der Waals surface area contributed by atoms with Gasteiger partial charge in [0.25, 0.3) is 5.91 Å². The average molecular weight is 367 g/mol. The van der Waals surface area contributed by atoms with Gasteiger partial charge < -0.3 is 14.8 Å². The molecule has 0 saturated heterocycles. The maximum absolute atomic E-state index is 12.9. The first kappa shape index (κ1) is 19.3. The number of anilines is 1. The van der Waals surface area contributed by atoms with Crippen molar-refractivity contribution < 1.29 is 32.2 Å². The molecule has 0 fully saturated rings. The number of alkyl halides is 3. The van der Waals surface area contributed by atoms with Crippen LogP contribution in [0, 0.1) is 0 Å². The van der Waals surface area contributed by atoms with E-state index >= 15 is 0 Å². The van der Waals surface area contributed by atoms with E-state index in [1.165, 1.54) is 30.3 Å². The number of hydrogen-bond donors (Lipinski definition) is 1. The first-order valence-electron chi connectivity index (χ1n) is 7.67. The molecule has 0 aromatic heterocycles. The van der Waals surface area contributed by atoms with Crippen LogP contribution >= 0.6 is 0 Å². The summed E-state index contributed by atoms with van der Waals surface area (Å²) in [5, 5.41) is 2.17. The second-order valence-corrected chi connectivity index (χ2v) is 5.13. The van der Waals surface area contributed by atoms with Crippen molar-refractivity contribution in [3.05, 3.63) is 59.7 Å². The van der Waals surface area contributed by atoms with Gasteiger partial charge in [-0.15, -0.1) is 0 Å². The molecule has 0 aliphatic heterocycles. The SMILES string of the molecule is CCOC(=O)c1cccc(OCC(=O)Nc2ccccc2C(F)(F)F)c1. The van der Waals surface area contributed by atoms with E-state index in [1.807, 2.05) is 0 Å². The first-order chi connectivity index (χ1) is 12.3. The third kappa shape index (κ3) is 5.23. The largest absolute Gasteiger partial charge is 0.484 e. The third-order valence-corrected chi connectivity index (χ3v) is 3.22. The van der Waals surface area contributed by atoms with Gasteiger partial charge in [-0.2, -0.15) is 13.2 Å². The Morgan fingerprint density at radius 1 is 1.08 bits per heavy atom. The normalized spacial score (nSPS) is 10.9. The predicted octanol–water partition coefficient (Wildman–Crippen LogP) is 3.90. The average Bonchev–Trinajstić information content (AvgIpc) is 2.60. The van der Waals surface area contributed by atoms with Crippen LogP contribution in [0.1, 0.15) is 22.8 Å². The summed E-state index contributed by atoms with van der Waals surface area (Å²) in [7, 11) is 0. The van der Waals surface area contributed by atoms with Crippen molar-refractivity contribution >= 4 is 17.6 Å². The lowest BCUT2D eigenvalue weighted by molar-refractivity contribution is -0.137. The zero-order chi connectivity index (χ0) is 19.2. The van der Waals surface area contributed by atoms with E-state index in [2.05, 4.69) is 5.32 Å². The quantitative estimate of drug-likeness (QED) is 0.787. The maximum Gasteiger partial charge on any atom is 0.418 e. The highest BCUT2D eigenvalue weighted by atomic mass is 19.4. The van der Waals surface area contributed by atoms with Gasteiger partial charge in [-0.1, -0.05) is 18.2 Å². The summed E-state index contributed by atoms with van der Waals surface area (Å²) in [5.74, 6) is -1.08. The summed E-state index contributed by atoms with van der Waals surface area (Å²) in [6, 6.07) is 10.6. The number of hydrogen-bond acceptors (Lipinski definition) is 4. The number of benzene rings is 2. The van der Waals surface area contributed by atoms with E-state index in [0.29, 0.717) is 0 Å². The minimum absolute atomic E-state index is 0.213. The molecule has 0 atom stereocenters. The standard InChI is InChI=1S/C18H16F3NO4/c1-2-25-17(24)12-6-5-7-13(10-12)26-11-16(23)22-15-9-4-3-8-14(15)18(19,20)21/h3-10H,2,11H2,1H3,(H,22,23). The molecule has 0 aliphatic rings. The highest BCUT2D eigenvalue weighted by Gasteiger charge is 2.33. The number of carbonyl (C=O) groups is 2. The summed E-state index contributed by atoms with van der Waals surface area (Å²) < 4.78 is 48.8. The summed E-state index contributed by atoms with van der Waals surface area (Å²) in [4.78, 5) is 23.5. The molecule has 2 aromatic carbocycles. The Hall–Kier alpha value is -3.03. The van der Waals surface area contributed by atoms with Crippen molar-refractivity contribution in [3.63, 3.8) is 0 Å². The predicted molar refractivity (Wildman–Crippen MR) is 88.0 cm³/mol. The Morgan fingerprint density at radius 2 is 1.81 bits per heavy atom. The van der Waals surface area contributed by atoms with Crippen LogP contribution in [0.25, 0.3) is 0 Å². The molecule has 2 aromatic rings. The number of para-hydroxylation sites is 1. The molecule has 0 bridgehead atoms. The van der Waals surface area contributed by atoms with Crippen LogP contribution in [-0.2, 0) is 15.7 Å². The van der Waals surface area contributed by atoms with Gasteiger partial charge in [0.1, 0.15) is 5.75 Å². The van der Waals surface area contributed by atoms with Crippen LogP contribution in [0.4, 0.5) is 18.9 Å². The number of nitrogens with one attached hydrogen (secondary N) is 1. The zero-order valence-corrected chi connectivity index (χ0v) is 13.8. The molecule has 0 aliphatic carbocycles. The van der Waals surface area contributed by atoms with Gasteiger partial charge in [0.2, 0.25) is 0 Å². The Morgan fingerprint density at radius 3 is 2.50 bits per heavy atom. The van der Waals surface area contributed by atoms with E-state index < -0.39 is 30.2 Å². The minimum Gasteiger partial charge on any atom is -0.484 e. The van der Waals surface area contributed by atoms with Gasteiger partial charge in [-0.25, -0.2) is 4.79 Å². The Kier molecular flexibility index (Phi) is 6.21. The molecular formula is C18H16F3NO4. The number of halogens is 3. The number of esters is 1. The molecule has 8 heteroatoms.